The van der Waals surface area contributed by atoms with Gasteiger partial charge in [-0.15, -0.1) is 0 Å². The van der Waals surface area contributed by atoms with Crippen molar-refractivity contribution >= 4 is 27.8 Å². The molecule has 1 aliphatic heterocycles. The van der Waals surface area contributed by atoms with E-state index < -0.39 is 0 Å². The Labute approximate surface area is 153 Å². The number of nitrogens with zero attached hydrogens (tertiary/aromatic N) is 3. The van der Waals surface area contributed by atoms with Crippen LogP contribution < -0.4 is 33.4 Å². The molecule has 0 bridgehead atoms. The third-order valence-corrected chi connectivity index (χ3v) is 4.36. The van der Waals surface area contributed by atoms with Gasteiger partial charge in [-0.05, 0) is 25.1 Å². The fraction of sp³-hybridized carbons (Fsp3) is 0.333. The van der Waals surface area contributed by atoms with Crippen LogP contribution in [0.25, 0.3) is 22.1 Å². The van der Waals surface area contributed by atoms with E-state index in [9.17, 15) is 0 Å². The van der Waals surface area contributed by atoms with Crippen LogP contribution in [0.4, 0.5) is 5.69 Å². The number of morpholine rings is 1. The first-order chi connectivity index (χ1) is 10.9. The Balaban J connectivity index is 0.00000156. The molecule has 0 N–H and O–H groups in total. The lowest BCUT2D eigenvalue weighted by atomic mass is 10.2. The first-order valence-electron chi connectivity index (χ1n) is 7.92. The molecule has 0 amide bonds. The maximum atomic E-state index is 5.45. The van der Waals surface area contributed by atoms with Crippen molar-refractivity contribution in [3.63, 3.8) is 0 Å². The van der Waals surface area contributed by atoms with Crippen LogP contribution in [0.3, 0.4) is 0 Å². The summed E-state index contributed by atoms with van der Waals surface area (Å²) >= 11 is 0. The average molecular weight is 421 g/mol. The Hall–Kier alpha value is -1.47. The molecule has 0 radical (unpaired) electrons. The number of rotatable bonds is 2. The molecule has 5 heteroatoms. The number of ether oxygens (including phenoxy) is 1. The molecule has 0 atom stereocenters. The van der Waals surface area contributed by atoms with Gasteiger partial charge in [-0.3, -0.25) is 0 Å². The molecule has 0 saturated carbocycles. The third-order valence-electron chi connectivity index (χ3n) is 4.36. The summed E-state index contributed by atoms with van der Waals surface area (Å²) in [6, 6.07) is 14.9. The minimum absolute atomic E-state index is 0. The van der Waals surface area contributed by atoms with Gasteiger partial charge in [-0.2, -0.15) is 4.57 Å². The Morgan fingerprint density at radius 2 is 1.78 bits per heavy atom. The summed E-state index contributed by atoms with van der Waals surface area (Å²) in [6.07, 6.45) is 0. The highest BCUT2D eigenvalue weighted by atomic mass is 127. The van der Waals surface area contributed by atoms with Crippen molar-refractivity contribution in [1.82, 2.24) is 4.98 Å². The number of aryl methyl sites for hydroxylation is 1. The van der Waals surface area contributed by atoms with Gasteiger partial charge >= 0.3 is 0 Å². The highest BCUT2D eigenvalue weighted by Gasteiger charge is 2.18. The zero-order valence-electron chi connectivity index (χ0n) is 13.2. The SMILES string of the molecule is CC[n+]1c2ccccc2nc2ccc(N3CCOCC3)cc21.[I-]. The maximum absolute atomic E-state index is 5.45. The number of halogens is 1. The van der Waals surface area contributed by atoms with Crippen molar-refractivity contribution < 1.29 is 33.3 Å². The van der Waals surface area contributed by atoms with E-state index in [0.717, 1.165) is 43.9 Å². The smallest absolute Gasteiger partial charge is 0.233 e. The van der Waals surface area contributed by atoms with E-state index in [1.165, 1.54) is 16.7 Å². The van der Waals surface area contributed by atoms with Crippen LogP contribution in [0.2, 0.25) is 0 Å². The number of para-hydroxylation sites is 2. The average Bonchev–Trinajstić information content (AvgIpc) is 2.60. The Kier molecular flexibility index (Phi) is 4.96. The maximum Gasteiger partial charge on any atom is 0.233 e. The predicted octanol–water partition coefficient (Wildman–Crippen LogP) is -0.464. The molecule has 2 aromatic carbocycles. The van der Waals surface area contributed by atoms with E-state index in [1.54, 1.807) is 0 Å². The van der Waals surface area contributed by atoms with Crippen LogP contribution >= 0.6 is 0 Å². The molecule has 3 aromatic rings. The van der Waals surface area contributed by atoms with E-state index in [0.29, 0.717) is 0 Å². The van der Waals surface area contributed by atoms with Crippen LogP contribution in [0.5, 0.6) is 0 Å². The van der Waals surface area contributed by atoms with Crippen molar-refractivity contribution in [2.75, 3.05) is 31.2 Å². The third kappa shape index (κ3) is 2.99. The van der Waals surface area contributed by atoms with Gasteiger partial charge in [0, 0.05) is 30.9 Å². The van der Waals surface area contributed by atoms with Crippen LogP contribution in [0.15, 0.2) is 42.5 Å². The van der Waals surface area contributed by atoms with E-state index in [4.69, 9.17) is 9.72 Å². The van der Waals surface area contributed by atoms with Gasteiger partial charge in [-0.25, -0.2) is 4.98 Å². The fourth-order valence-corrected chi connectivity index (χ4v) is 3.23. The van der Waals surface area contributed by atoms with Crippen LogP contribution in [-0.2, 0) is 11.3 Å². The number of benzene rings is 2. The molecular weight excluding hydrogens is 401 g/mol. The summed E-state index contributed by atoms with van der Waals surface area (Å²) < 4.78 is 7.80. The molecule has 0 unspecified atom stereocenters. The second-order valence-electron chi connectivity index (χ2n) is 5.62. The highest BCUT2D eigenvalue weighted by Crippen LogP contribution is 2.22. The van der Waals surface area contributed by atoms with E-state index >= 15 is 0 Å². The summed E-state index contributed by atoms with van der Waals surface area (Å²) in [5, 5.41) is 0. The number of aromatic nitrogens is 2. The van der Waals surface area contributed by atoms with Crippen molar-refractivity contribution in [2.45, 2.75) is 13.5 Å². The summed E-state index contributed by atoms with van der Waals surface area (Å²) in [5.41, 5.74) is 5.76. The van der Waals surface area contributed by atoms with Crippen molar-refractivity contribution in [2.24, 2.45) is 0 Å². The summed E-state index contributed by atoms with van der Waals surface area (Å²) in [4.78, 5) is 7.20. The van der Waals surface area contributed by atoms with Crippen molar-refractivity contribution in [3.05, 3.63) is 42.5 Å². The molecule has 1 fully saturated rings. The second kappa shape index (κ2) is 6.97. The molecule has 4 rings (SSSR count). The lowest BCUT2D eigenvalue weighted by Gasteiger charge is -2.28. The van der Waals surface area contributed by atoms with Gasteiger partial charge in [0.25, 0.3) is 0 Å². The van der Waals surface area contributed by atoms with E-state index in [1.807, 2.05) is 6.07 Å². The molecule has 1 saturated heterocycles. The second-order valence-corrected chi connectivity index (χ2v) is 5.62. The highest BCUT2D eigenvalue weighted by molar-refractivity contribution is 5.83. The molecular formula is C18H20IN3O. The summed E-state index contributed by atoms with van der Waals surface area (Å²) in [7, 11) is 0. The summed E-state index contributed by atoms with van der Waals surface area (Å²) in [6.45, 7) is 6.65. The van der Waals surface area contributed by atoms with E-state index in [-0.39, 0.29) is 24.0 Å². The normalized spacial score (nSPS) is 14.9. The standard InChI is InChI=1S/C18H20N3O.HI/c1-2-21-17-6-4-3-5-15(17)19-16-8-7-14(13-18(16)21)20-9-11-22-12-10-20;/h3-8,13H,2,9-12H2,1H3;1H/q+1;/p-1. The predicted molar refractivity (Wildman–Crippen MR) is 88.2 cm³/mol. The Bertz CT molecular complexity index is 831. The minimum Gasteiger partial charge on any atom is -1.00 e. The number of anilines is 1. The van der Waals surface area contributed by atoms with Crippen LogP contribution in [0, 0.1) is 0 Å². The van der Waals surface area contributed by atoms with Gasteiger partial charge in [-0.1, -0.05) is 12.1 Å². The molecule has 0 spiro atoms. The van der Waals surface area contributed by atoms with Gasteiger partial charge < -0.3 is 33.6 Å². The first kappa shape index (κ1) is 16.4. The molecule has 2 heterocycles. The fourth-order valence-electron chi connectivity index (χ4n) is 3.23. The van der Waals surface area contributed by atoms with Crippen molar-refractivity contribution in [3.8, 4) is 0 Å². The summed E-state index contributed by atoms with van der Waals surface area (Å²) in [5.74, 6) is 0. The quantitative estimate of drug-likeness (QED) is 0.319. The molecule has 4 nitrogen and oxygen atoms in total. The molecule has 1 aliphatic rings. The van der Waals surface area contributed by atoms with Gasteiger partial charge in [0.05, 0.1) is 13.2 Å². The Morgan fingerprint density at radius 3 is 2.57 bits per heavy atom. The zero-order chi connectivity index (χ0) is 14.9. The van der Waals surface area contributed by atoms with Gasteiger partial charge in [0.2, 0.25) is 11.0 Å². The largest absolute Gasteiger partial charge is 1.00 e. The van der Waals surface area contributed by atoms with E-state index in [2.05, 4.69) is 52.8 Å². The molecule has 120 valence electrons. The first-order valence-corrected chi connectivity index (χ1v) is 7.92. The zero-order valence-corrected chi connectivity index (χ0v) is 15.4. The topological polar surface area (TPSA) is 29.2 Å². The van der Waals surface area contributed by atoms with Crippen LogP contribution in [-0.4, -0.2) is 31.3 Å². The number of hydrogen-bond donors (Lipinski definition) is 0. The van der Waals surface area contributed by atoms with Crippen molar-refractivity contribution in [1.29, 1.82) is 0 Å². The number of hydrogen-bond acceptors (Lipinski definition) is 3. The molecule has 1 aromatic heterocycles. The van der Waals surface area contributed by atoms with Crippen LogP contribution in [0.1, 0.15) is 6.92 Å². The Morgan fingerprint density at radius 1 is 1.04 bits per heavy atom. The lowest BCUT2D eigenvalue weighted by Crippen LogP contribution is -3.00. The van der Waals surface area contributed by atoms with Gasteiger partial charge in [0.1, 0.15) is 17.6 Å². The monoisotopic (exact) mass is 421 g/mol. The minimum atomic E-state index is 0. The molecule has 0 aliphatic carbocycles. The molecule has 23 heavy (non-hydrogen) atoms. The van der Waals surface area contributed by atoms with Gasteiger partial charge in [0.15, 0.2) is 0 Å². The lowest BCUT2D eigenvalue weighted by molar-refractivity contribution is -0.641. The number of fused-ring (bicyclic) bond motifs is 2.